The van der Waals surface area contributed by atoms with Crippen LogP contribution in [-0.2, 0) is 0 Å². The number of thiocarbonyl (C=S) groups is 1. The molecule has 0 aliphatic carbocycles. The predicted molar refractivity (Wildman–Crippen MR) is 86.8 cm³/mol. The number of benzene rings is 1. The van der Waals surface area contributed by atoms with Crippen molar-refractivity contribution in [3.63, 3.8) is 0 Å². The smallest absolute Gasteiger partial charge is 0.173 e. The fourth-order valence-electron chi connectivity index (χ4n) is 2.87. The zero-order valence-corrected chi connectivity index (χ0v) is 13.2. The molecule has 0 spiro atoms. The monoisotopic (exact) mass is 276 g/mol. The van der Waals surface area contributed by atoms with Crippen LogP contribution in [0.1, 0.15) is 44.2 Å². The molecule has 2 atom stereocenters. The van der Waals surface area contributed by atoms with Gasteiger partial charge >= 0.3 is 0 Å². The van der Waals surface area contributed by atoms with Crippen LogP contribution >= 0.6 is 12.2 Å². The van der Waals surface area contributed by atoms with Crippen LogP contribution in [-0.4, -0.2) is 22.1 Å². The average molecular weight is 276 g/mol. The molecular formula is C16H24N2S. The topological polar surface area (TPSA) is 15.3 Å². The third kappa shape index (κ3) is 3.27. The molecule has 19 heavy (non-hydrogen) atoms. The maximum Gasteiger partial charge on any atom is 0.173 e. The van der Waals surface area contributed by atoms with E-state index in [-0.39, 0.29) is 0 Å². The minimum absolute atomic E-state index is 0.536. The second-order valence-electron chi connectivity index (χ2n) is 5.78. The van der Waals surface area contributed by atoms with E-state index in [4.69, 9.17) is 12.2 Å². The van der Waals surface area contributed by atoms with Gasteiger partial charge in [-0.2, -0.15) is 0 Å². The minimum Gasteiger partial charge on any atom is -0.344 e. The lowest BCUT2D eigenvalue weighted by molar-refractivity contribution is 0.194. The van der Waals surface area contributed by atoms with Crippen LogP contribution in [0.4, 0.5) is 5.69 Å². The number of likely N-dealkylation sites (tertiary alicyclic amines) is 1. The lowest BCUT2D eigenvalue weighted by Gasteiger charge is -2.41. The first-order valence-electron chi connectivity index (χ1n) is 7.15. The molecule has 0 aromatic heterocycles. The number of aryl methyl sites for hydroxylation is 2. The van der Waals surface area contributed by atoms with Gasteiger partial charge in [0.05, 0.1) is 0 Å². The molecule has 0 amide bonds. The standard InChI is InChI=1S/C16H24N2S/c1-11-8-9-12(2)15(10-11)17-16(19)18-13(3)6-5-7-14(18)4/h8-10,13-14H,5-7H2,1-4H3,(H,17,19)/t13-,14+. The van der Waals surface area contributed by atoms with Crippen LogP contribution in [0, 0.1) is 13.8 Å². The molecule has 104 valence electrons. The molecule has 0 radical (unpaired) electrons. The first-order valence-corrected chi connectivity index (χ1v) is 7.56. The Morgan fingerprint density at radius 2 is 1.84 bits per heavy atom. The summed E-state index contributed by atoms with van der Waals surface area (Å²) >= 11 is 5.63. The summed E-state index contributed by atoms with van der Waals surface area (Å²) in [6.07, 6.45) is 3.78. The van der Waals surface area contributed by atoms with E-state index in [9.17, 15) is 0 Å². The van der Waals surface area contributed by atoms with Crippen LogP contribution in [0.2, 0.25) is 0 Å². The average Bonchev–Trinajstić information content (AvgIpc) is 2.33. The number of nitrogens with one attached hydrogen (secondary N) is 1. The minimum atomic E-state index is 0.536. The summed E-state index contributed by atoms with van der Waals surface area (Å²) in [6.45, 7) is 8.77. The third-order valence-corrected chi connectivity index (χ3v) is 4.38. The summed E-state index contributed by atoms with van der Waals surface area (Å²) in [6, 6.07) is 7.52. The van der Waals surface area contributed by atoms with Gasteiger partial charge in [0.1, 0.15) is 0 Å². The molecule has 1 aliphatic rings. The van der Waals surface area contributed by atoms with Crippen LogP contribution in [0.15, 0.2) is 18.2 Å². The molecular weight excluding hydrogens is 252 g/mol. The molecule has 1 N–H and O–H groups in total. The van der Waals surface area contributed by atoms with Gasteiger partial charge in [-0.05, 0) is 76.4 Å². The van der Waals surface area contributed by atoms with Gasteiger partial charge in [0.25, 0.3) is 0 Å². The van der Waals surface area contributed by atoms with Gasteiger partial charge in [-0.15, -0.1) is 0 Å². The van der Waals surface area contributed by atoms with Gasteiger partial charge in [0.15, 0.2) is 5.11 Å². The van der Waals surface area contributed by atoms with Crippen LogP contribution < -0.4 is 5.32 Å². The Labute approximate surface area is 122 Å². The zero-order chi connectivity index (χ0) is 14.0. The Bertz CT molecular complexity index is 460. The third-order valence-electron chi connectivity index (χ3n) is 4.06. The molecule has 0 saturated carbocycles. The fraction of sp³-hybridized carbons (Fsp3) is 0.562. The lowest BCUT2D eigenvalue weighted by Crippen LogP contribution is -2.49. The Hall–Kier alpha value is -1.09. The van der Waals surface area contributed by atoms with E-state index in [1.807, 2.05) is 0 Å². The highest BCUT2D eigenvalue weighted by molar-refractivity contribution is 7.80. The number of hydrogen-bond acceptors (Lipinski definition) is 1. The molecule has 1 fully saturated rings. The predicted octanol–water partition coefficient (Wildman–Crippen LogP) is 4.26. The van der Waals surface area contributed by atoms with Crippen molar-refractivity contribution in [3.8, 4) is 0 Å². The van der Waals surface area contributed by atoms with Gasteiger partial charge < -0.3 is 10.2 Å². The zero-order valence-electron chi connectivity index (χ0n) is 12.4. The van der Waals surface area contributed by atoms with Crippen molar-refractivity contribution in [2.45, 2.75) is 59.0 Å². The Balaban J connectivity index is 2.13. The largest absolute Gasteiger partial charge is 0.344 e. The number of hydrogen-bond donors (Lipinski definition) is 1. The van der Waals surface area contributed by atoms with Gasteiger partial charge in [-0.3, -0.25) is 0 Å². The van der Waals surface area contributed by atoms with Gasteiger partial charge in [-0.25, -0.2) is 0 Å². The summed E-state index contributed by atoms with van der Waals surface area (Å²) in [7, 11) is 0. The molecule has 0 bridgehead atoms. The first kappa shape index (κ1) is 14.3. The number of rotatable bonds is 1. The summed E-state index contributed by atoms with van der Waals surface area (Å²) < 4.78 is 0. The number of nitrogens with zero attached hydrogens (tertiary/aromatic N) is 1. The molecule has 2 rings (SSSR count). The Kier molecular flexibility index (Phi) is 4.46. The SMILES string of the molecule is Cc1ccc(C)c(NC(=S)N2[C@H](C)CCC[C@@H]2C)c1. The van der Waals surface area contributed by atoms with Crippen molar-refractivity contribution in [1.82, 2.24) is 4.90 Å². The Morgan fingerprint density at radius 3 is 2.47 bits per heavy atom. The second-order valence-corrected chi connectivity index (χ2v) is 6.17. The second kappa shape index (κ2) is 5.91. The fourth-order valence-corrected chi connectivity index (χ4v) is 3.34. The quantitative estimate of drug-likeness (QED) is 0.771. The van der Waals surface area contributed by atoms with Crippen LogP contribution in [0.5, 0.6) is 0 Å². The van der Waals surface area contributed by atoms with Crippen molar-refractivity contribution in [2.24, 2.45) is 0 Å². The molecule has 3 heteroatoms. The van der Waals surface area contributed by atoms with Gasteiger partial charge in [0.2, 0.25) is 0 Å². The van der Waals surface area contributed by atoms with Crippen LogP contribution in [0.25, 0.3) is 0 Å². The van der Waals surface area contributed by atoms with Crippen molar-refractivity contribution < 1.29 is 0 Å². The highest BCUT2D eigenvalue weighted by atomic mass is 32.1. The summed E-state index contributed by atoms with van der Waals surface area (Å²) in [5, 5.41) is 4.31. The van der Waals surface area contributed by atoms with Gasteiger partial charge in [-0.1, -0.05) is 12.1 Å². The van der Waals surface area contributed by atoms with Crippen molar-refractivity contribution in [1.29, 1.82) is 0 Å². The number of anilines is 1. The first-order chi connectivity index (χ1) is 8.99. The molecule has 1 aromatic carbocycles. The molecule has 0 unspecified atom stereocenters. The summed E-state index contributed by atoms with van der Waals surface area (Å²) in [5.41, 5.74) is 3.64. The van der Waals surface area contributed by atoms with E-state index < -0.39 is 0 Å². The maximum absolute atomic E-state index is 5.63. The van der Waals surface area contributed by atoms with E-state index in [2.05, 4.69) is 56.1 Å². The lowest BCUT2D eigenvalue weighted by atomic mass is 9.98. The highest BCUT2D eigenvalue weighted by Gasteiger charge is 2.26. The Morgan fingerprint density at radius 1 is 1.21 bits per heavy atom. The van der Waals surface area contributed by atoms with E-state index in [0.717, 1.165) is 10.8 Å². The molecule has 1 aromatic rings. The van der Waals surface area contributed by atoms with E-state index in [0.29, 0.717) is 12.1 Å². The van der Waals surface area contributed by atoms with E-state index in [1.54, 1.807) is 0 Å². The van der Waals surface area contributed by atoms with Crippen molar-refractivity contribution in [3.05, 3.63) is 29.3 Å². The van der Waals surface area contributed by atoms with E-state index in [1.165, 1.54) is 30.4 Å². The molecule has 2 nitrogen and oxygen atoms in total. The summed E-state index contributed by atoms with van der Waals surface area (Å²) in [4.78, 5) is 2.36. The van der Waals surface area contributed by atoms with Crippen molar-refractivity contribution >= 4 is 23.0 Å². The summed E-state index contributed by atoms with van der Waals surface area (Å²) in [5.74, 6) is 0. The van der Waals surface area contributed by atoms with Gasteiger partial charge in [0, 0.05) is 17.8 Å². The molecule has 1 heterocycles. The maximum atomic E-state index is 5.63. The van der Waals surface area contributed by atoms with Crippen molar-refractivity contribution in [2.75, 3.05) is 5.32 Å². The number of piperidine rings is 1. The normalized spacial score (nSPS) is 23.3. The van der Waals surface area contributed by atoms with Crippen LogP contribution in [0.3, 0.4) is 0 Å². The molecule has 1 aliphatic heterocycles. The van der Waals surface area contributed by atoms with E-state index >= 15 is 0 Å². The molecule has 1 saturated heterocycles. The highest BCUT2D eigenvalue weighted by Crippen LogP contribution is 2.24.